The average molecular weight is 361 g/mol. The summed E-state index contributed by atoms with van der Waals surface area (Å²) in [6.45, 7) is 1.93. The van der Waals surface area contributed by atoms with E-state index in [1.165, 1.54) is 17.8 Å². The van der Waals surface area contributed by atoms with Crippen LogP contribution in [-0.2, 0) is 0 Å². The van der Waals surface area contributed by atoms with Gasteiger partial charge in [0.15, 0.2) is 5.16 Å². The van der Waals surface area contributed by atoms with E-state index >= 15 is 0 Å². The predicted octanol–water partition coefficient (Wildman–Crippen LogP) is 2.36. The van der Waals surface area contributed by atoms with Crippen LogP contribution >= 0.6 is 39.0 Å². The Morgan fingerprint density at radius 2 is 2.26 bits per heavy atom. The van der Waals surface area contributed by atoms with Crippen LogP contribution in [0, 0.1) is 0 Å². The Labute approximate surface area is 126 Å². The van der Waals surface area contributed by atoms with Crippen LogP contribution in [0.5, 0.6) is 0 Å². The fraction of sp³-hybridized carbons (Fsp3) is 0.273. The van der Waals surface area contributed by atoms with Crippen molar-refractivity contribution in [3.05, 3.63) is 37.2 Å². The maximum Gasteiger partial charge on any atom is 0.253 e. The first-order valence-corrected chi connectivity index (χ1v) is 7.99. The normalized spacial score (nSPS) is 14.3. The van der Waals surface area contributed by atoms with Crippen LogP contribution in [0.25, 0.3) is 0 Å². The zero-order chi connectivity index (χ0) is 14.0. The molecule has 0 aliphatic carbocycles. The van der Waals surface area contributed by atoms with Gasteiger partial charge in [0.05, 0.1) is 9.04 Å². The van der Waals surface area contributed by atoms with Crippen LogP contribution < -0.4 is 17.0 Å². The number of nitrogens with one attached hydrogen (secondary N) is 1. The molecule has 0 aliphatic rings. The third-order valence-corrected chi connectivity index (χ3v) is 5.54. The Balaban J connectivity index is 2.28. The summed E-state index contributed by atoms with van der Waals surface area (Å²) in [6.07, 6.45) is 0. The molecular formula is C11H13BrN4OS2. The summed E-state index contributed by atoms with van der Waals surface area (Å²) < 4.78 is 1.04. The minimum absolute atomic E-state index is 0.0150. The topological polar surface area (TPSA) is 97.8 Å². The lowest BCUT2D eigenvalue weighted by Crippen LogP contribution is -2.22. The molecule has 5 nitrogen and oxygen atoms in total. The van der Waals surface area contributed by atoms with Crippen LogP contribution in [0.1, 0.15) is 17.1 Å². The standard InChI is InChI=1S/C11H13BrN4OS2/c1-5(13)10(6-2-3-7(12)18-6)19-11-15-8(14)4-9(17)16-11/h2-5,10H,13H2,1H3,(H3,14,15,16,17). The van der Waals surface area contributed by atoms with Crippen LogP contribution in [0.3, 0.4) is 0 Å². The number of hydrogen-bond acceptors (Lipinski definition) is 6. The minimum Gasteiger partial charge on any atom is -0.383 e. The quantitative estimate of drug-likeness (QED) is 0.574. The van der Waals surface area contributed by atoms with Gasteiger partial charge in [-0.05, 0) is 35.0 Å². The molecule has 2 aromatic rings. The van der Waals surface area contributed by atoms with E-state index in [9.17, 15) is 4.79 Å². The third-order valence-electron chi connectivity index (χ3n) is 2.33. The number of thioether (sulfide) groups is 1. The molecule has 0 amide bonds. The van der Waals surface area contributed by atoms with Gasteiger partial charge in [-0.2, -0.15) is 0 Å². The molecule has 0 aliphatic heterocycles. The highest BCUT2D eigenvalue weighted by molar-refractivity contribution is 9.11. The molecule has 2 atom stereocenters. The number of nitrogen functional groups attached to an aromatic ring is 1. The number of H-pyrrole nitrogens is 1. The summed E-state index contributed by atoms with van der Waals surface area (Å²) in [5.41, 5.74) is 11.3. The number of hydrogen-bond donors (Lipinski definition) is 3. The van der Waals surface area contributed by atoms with Gasteiger partial charge in [0, 0.05) is 17.0 Å². The molecule has 0 spiro atoms. The summed E-state index contributed by atoms with van der Waals surface area (Å²) in [4.78, 5) is 19.3. The van der Waals surface area contributed by atoms with Gasteiger partial charge in [-0.25, -0.2) is 4.98 Å². The molecular weight excluding hydrogens is 348 g/mol. The van der Waals surface area contributed by atoms with E-state index in [1.807, 2.05) is 19.1 Å². The first kappa shape index (κ1) is 14.6. The summed E-state index contributed by atoms with van der Waals surface area (Å²) >= 11 is 6.46. The molecule has 0 aromatic carbocycles. The van der Waals surface area contributed by atoms with Crippen molar-refractivity contribution in [2.24, 2.45) is 5.73 Å². The zero-order valence-electron chi connectivity index (χ0n) is 10.1. The molecule has 0 fully saturated rings. The smallest absolute Gasteiger partial charge is 0.253 e. The molecule has 2 aromatic heterocycles. The molecule has 2 rings (SSSR count). The Morgan fingerprint density at radius 1 is 1.53 bits per heavy atom. The van der Waals surface area contributed by atoms with E-state index in [0.29, 0.717) is 5.16 Å². The largest absolute Gasteiger partial charge is 0.383 e. The fourth-order valence-electron chi connectivity index (χ4n) is 1.54. The van der Waals surface area contributed by atoms with E-state index in [1.54, 1.807) is 11.3 Å². The van der Waals surface area contributed by atoms with Gasteiger partial charge in [-0.3, -0.25) is 4.79 Å². The molecule has 0 radical (unpaired) electrons. The predicted molar refractivity (Wildman–Crippen MR) is 83.5 cm³/mol. The number of nitrogens with two attached hydrogens (primary N) is 2. The second-order valence-electron chi connectivity index (χ2n) is 4.01. The average Bonchev–Trinajstić information content (AvgIpc) is 2.70. The molecule has 0 saturated heterocycles. The Hall–Kier alpha value is -0.830. The Morgan fingerprint density at radius 3 is 2.79 bits per heavy atom. The van der Waals surface area contributed by atoms with Gasteiger partial charge in [-0.15, -0.1) is 11.3 Å². The second-order valence-corrected chi connectivity index (χ2v) is 7.64. The van der Waals surface area contributed by atoms with E-state index in [0.717, 1.165) is 8.66 Å². The van der Waals surface area contributed by atoms with Gasteiger partial charge < -0.3 is 16.5 Å². The van der Waals surface area contributed by atoms with Crippen molar-refractivity contribution in [3.8, 4) is 0 Å². The van der Waals surface area contributed by atoms with E-state index in [2.05, 4.69) is 25.9 Å². The van der Waals surface area contributed by atoms with Gasteiger partial charge in [0.2, 0.25) is 0 Å². The summed E-state index contributed by atoms with van der Waals surface area (Å²) in [5, 5.41) is 0.498. The van der Waals surface area contributed by atoms with Crippen LogP contribution in [0.4, 0.5) is 5.82 Å². The van der Waals surface area contributed by atoms with Gasteiger partial charge >= 0.3 is 0 Å². The number of aromatic nitrogens is 2. The highest BCUT2D eigenvalue weighted by atomic mass is 79.9. The summed E-state index contributed by atoms with van der Waals surface area (Å²) in [5.74, 6) is 0.210. The number of anilines is 1. The number of thiophene rings is 1. The second kappa shape index (κ2) is 6.08. The maximum absolute atomic E-state index is 11.4. The van der Waals surface area contributed by atoms with Crippen LogP contribution in [0.2, 0.25) is 0 Å². The van der Waals surface area contributed by atoms with Crippen molar-refractivity contribution in [2.45, 2.75) is 23.4 Å². The highest BCUT2D eigenvalue weighted by Crippen LogP contribution is 2.39. The van der Waals surface area contributed by atoms with Crippen molar-refractivity contribution in [1.82, 2.24) is 9.97 Å². The van der Waals surface area contributed by atoms with Crippen LogP contribution in [-0.4, -0.2) is 16.0 Å². The molecule has 2 unspecified atom stereocenters. The Kier molecular flexibility index (Phi) is 4.67. The lowest BCUT2D eigenvalue weighted by atomic mass is 10.2. The van der Waals surface area contributed by atoms with Crippen molar-refractivity contribution in [1.29, 1.82) is 0 Å². The van der Waals surface area contributed by atoms with Crippen molar-refractivity contribution in [3.63, 3.8) is 0 Å². The van der Waals surface area contributed by atoms with Crippen molar-refractivity contribution in [2.75, 3.05) is 5.73 Å². The number of halogens is 1. The highest BCUT2D eigenvalue weighted by Gasteiger charge is 2.21. The lowest BCUT2D eigenvalue weighted by Gasteiger charge is -2.18. The lowest BCUT2D eigenvalue weighted by molar-refractivity contribution is 0.726. The SMILES string of the molecule is CC(N)C(Sc1nc(N)cc(=O)[nH]1)c1ccc(Br)s1. The summed E-state index contributed by atoms with van der Waals surface area (Å²) in [7, 11) is 0. The van der Waals surface area contributed by atoms with E-state index < -0.39 is 0 Å². The molecule has 19 heavy (non-hydrogen) atoms. The zero-order valence-corrected chi connectivity index (χ0v) is 13.3. The third kappa shape index (κ3) is 3.82. The van der Waals surface area contributed by atoms with Gasteiger partial charge in [0.25, 0.3) is 5.56 Å². The number of aromatic amines is 1. The fourth-order valence-corrected chi connectivity index (χ4v) is 4.31. The molecule has 5 N–H and O–H groups in total. The number of nitrogens with zero attached hydrogens (tertiary/aromatic N) is 1. The van der Waals surface area contributed by atoms with Crippen molar-refractivity contribution >= 4 is 44.8 Å². The van der Waals surface area contributed by atoms with Gasteiger partial charge in [-0.1, -0.05) is 11.8 Å². The van der Waals surface area contributed by atoms with E-state index in [-0.39, 0.29) is 22.7 Å². The first-order valence-electron chi connectivity index (χ1n) is 5.50. The molecule has 0 saturated carbocycles. The minimum atomic E-state index is -0.259. The summed E-state index contributed by atoms with van der Waals surface area (Å²) in [6, 6.07) is 5.17. The molecule has 102 valence electrons. The van der Waals surface area contributed by atoms with Crippen molar-refractivity contribution < 1.29 is 0 Å². The van der Waals surface area contributed by atoms with Gasteiger partial charge in [0.1, 0.15) is 5.82 Å². The first-order chi connectivity index (χ1) is 8.95. The molecule has 8 heteroatoms. The maximum atomic E-state index is 11.4. The van der Waals surface area contributed by atoms with Crippen LogP contribution in [0.15, 0.2) is 31.9 Å². The van der Waals surface area contributed by atoms with E-state index in [4.69, 9.17) is 11.5 Å². The Bertz CT molecular complexity index is 625. The molecule has 2 heterocycles. The monoisotopic (exact) mass is 360 g/mol. The molecule has 0 bridgehead atoms. The number of rotatable bonds is 4.